The summed E-state index contributed by atoms with van der Waals surface area (Å²) in [4.78, 5) is 0.421. The standard InChI is InChI=1S/C15H24N2O3S/c1-11-7-13(9-16-3)8-15(12(11)2)21(18,19)17-6-5-14(10-17)20-4/h7-8,14,16H,5-6,9-10H2,1-4H3. The predicted octanol–water partition coefficient (Wildman–Crippen LogP) is 1.43. The van der Waals surface area contributed by atoms with Gasteiger partial charge in [0.1, 0.15) is 0 Å². The summed E-state index contributed by atoms with van der Waals surface area (Å²) >= 11 is 0. The highest BCUT2D eigenvalue weighted by molar-refractivity contribution is 7.89. The summed E-state index contributed by atoms with van der Waals surface area (Å²) in [6.07, 6.45) is 0.755. The van der Waals surface area contributed by atoms with E-state index in [1.807, 2.05) is 27.0 Å². The van der Waals surface area contributed by atoms with Crippen molar-refractivity contribution in [3.05, 3.63) is 28.8 Å². The van der Waals surface area contributed by atoms with E-state index < -0.39 is 10.0 Å². The summed E-state index contributed by atoms with van der Waals surface area (Å²) in [7, 11) is 0.0327. The molecule has 1 aliphatic heterocycles. The fraction of sp³-hybridized carbons (Fsp3) is 0.600. The third-order valence-electron chi connectivity index (χ3n) is 4.12. The number of hydrogen-bond donors (Lipinski definition) is 1. The molecule has 0 spiro atoms. The number of sulfonamides is 1. The van der Waals surface area contributed by atoms with Crippen LogP contribution in [0.4, 0.5) is 0 Å². The second kappa shape index (κ2) is 6.44. The third kappa shape index (κ3) is 3.29. The van der Waals surface area contributed by atoms with Crippen LogP contribution in [0.15, 0.2) is 17.0 Å². The van der Waals surface area contributed by atoms with Gasteiger partial charge in [0.05, 0.1) is 11.0 Å². The van der Waals surface area contributed by atoms with Gasteiger partial charge in [0.25, 0.3) is 0 Å². The van der Waals surface area contributed by atoms with Gasteiger partial charge in [0.15, 0.2) is 0 Å². The van der Waals surface area contributed by atoms with E-state index in [-0.39, 0.29) is 6.10 Å². The molecule has 118 valence electrons. The number of nitrogens with one attached hydrogen (secondary N) is 1. The van der Waals surface area contributed by atoms with Crippen LogP contribution in [0.1, 0.15) is 23.1 Å². The molecule has 1 aromatic rings. The van der Waals surface area contributed by atoms with Gasteiger partial charge in [-0.15, -0.1) is 0 Å². The molecule has 5 nitrogen and oxygen atoms in total. The molecule has 0 saturated carbocycles. The Morgan fingerprint density at radius 2 is 2.10 bits per heavy atom. The third-order valence-corrected chi connectivity index (χ3v) is 6.11. The number of ether oxygens (including phenoxy) is 1. The maximum Gasteiger partial charge on any atom is 0.243 e. The molecule has 2 rings (SSSR count). The van der Waals surface area contributed by atoms with Gasteiger partial charge in [0.2, 0.25) is 10.0 Å². The van der Waals surface area contributed by atoms with E-state index in [1.54, 1.807) is 13.2 Å². The van der Waals surface area contributed by atoms with Gasteiger partial charge < -0.3 is 10.1 Å². The average Bonchev–Trinajstić information content (AvgIpc) is 2.92. The molecule has 1 aromatic carbocycles. The molecule has 0 aromatic heterocycles. The van der Waals surface area contributed by atoms with Crippen LogP contribution in [-0.4, -0.2) is 46.1 Å². The Labute approximate surface area is 127 Å². The van der Waals surface area contributed by atoms with Crippen LogP contribution in [0.2, 0.25) is 0 Å². The van der Waals surface area contributed by atoms with Crippen molar-refractivity contribution in [3.8, 4) is 0 Å². The van der Waals surface area contributed by atoms with E-state index in [4.69, 9.17) is 4.74 Å². The van der Waals surface area contributed by atoms with E-state index in [2.05, 4.69) is 5.32 Å². The zero-order valence-electron chi connectivity index (χ0n) is 13.1. The lowest BCUT2D eigenvalue weighted by Crippen LogP contribution is -2.31. The smallest absolute Gasteiger partial charge is 0.243 e. The van der Waals surface area contributed by atoms with Crippen molar-refractivity contribution in [1.29, 1.82) is 0 Å². The van der Waals surface area contributed by atoms with Crippen molar-refractivity contribution < 1.29 is 13.2 Å². The molecule has 1 fully saturated rings. The number of hydrogen-bond acceptors (Lipinski definition) is 4. The zero-order chi connectivity index (χ0) is 15.6. The molecule has 1 N–H and O–H groups in total. The van der Waals surface area contributed by atoms with Crippen LogP contribution in [0.25, 0.3) is 0 Å². The fourth-order valence-corrected chi connectivity index (χ4v) is 4.56. The Morgan fingerprint density at radius 3 is 2.67 bits per heavy atom. The quantitative estimate of drug-likeness (QED) is 0.893. The van der Waals surface area contributed by atoms with Crippen molar-refractivity contribution >= 4 is 10.0 Å². The van der Waals surface area contributed by atoms with E-state index >= 15 is 0 Å². The first-order valence-corrected chi connectivity index (χ1v) is 8.61. The second-order valence-electron chi connectivity index (χ2n) is 5.58. The van der Waals surface area contributed by atoms with Gasteiger partial charge in [-0.2, -0.15) is 4.31 Å². The molecule has 1 saturated heterocycles. The molecular formula is C15H24N2O3S. The molecule has 1 heterocycles. The first-order chi connectivity index (χ1) is 9.90. The zero-order valence-corrected chi connectivity index (χ0v) is 14.0. The van der Waals surface area contributed by atoms with Gasteiger partial charge >= 0.3 is 0 Å². The largest absolute Gasteiger partial charge is 0.380 e. The Bertz CT molecular complexity index is 614. The van der Waals surface area contributed by atoms with E-state index in [0.717, 1.165) is 23.1 Å². The summed E-state index contributed by atoms with van der Waals surface area (Å²) < 4.78 is 32.6. The van der Waals surface area contributed by atoms with Gasteiger partial charge in [0, 0.05) is 26.7 Å². The van der Waals surface area contributed by atoms with Crippen molar-refractivity contribution in [3.63, 3.8) is 0 Å². The molecular weight excluding hydrogens is 288 g/mol. The van der Waals surface area contributed by atoms with Crippen LogP contribution in [0.5, 0.6) is 0 Å². The van der Waals surface area contributed by atoms with Gasteiger partial charge in [-0.3, -0.25) is 0 Å². The summed E-state index contributed by atoms with van der Waals surface area (Å²) in [5.74, 6) is 0. The van der Waals surface area contributed by atoms with E-state index in [1.165, 1.54) is 4.31 Å². The minimum Gasteiger partial charge on any atom is -0.380 e. The summed E-state index contributed by atoms with van der Waals surface area (Å²) in [5, 5.41) is 3.07. The maximum atomic E-state index is 12.9. The molecule has 1 unspecified atom stereocenters. The molecule has 0 bridgehead atoms. The van der Waals surface area contributed by atoms with Crippen molar-refractivity contribution in [2.75, 3.05) is 27.2 Å². The number of aryl methyl sites for hydroxylation is 1. The predicted molar refractivity (Wildman–Crippen MR) is 82.9 cm³/mol. The van der Waals surface area contributed by atoms with Crippen LogP contribution < -0.4 is 5.32 Å². The van der Waals surface area contributed by atoms with Gasteiger partial charge in [-0.1, -0.05) is 6.07 Å². The molecule has 0 amide bonds. The normalized spacial score (nSPS) is 20.1. The van der Waals surface area contributed by atoms with E-state index in [0.29, 0.717) is 24.5 Å². The summed E-state index contributed by atoms with van der Waals surface area (Å²) in [5.41, 5.74) is 2.82. The Balaban J connectivity index is 2.40. The topological polar surface area (TPSA) is 58.6 Å². The van der Waals surface area contributed by atoms with Crippen LogP contribution in [-0.2, 0) is 21.3 Å². The first kappa shape index (κ1) is 16.4. The Morgan fingerprint density at radius 1 is 1.38 bits per heavy atom. The highest BCUT2D eigenvalue weighted by Crippen LogP contribution is 2.27. The first-order valence-electron chi connectivity index (χ1n) is 7.17. The lowest BCUT2D eigenvalue weighted by Gasteiger charge is -2.19. The monoisotopic (exact) mass is 312 g/mol. The molecule has 6 heteroatoms. The number of benzene rings is 1. The van der Waals surface area contributed by atoms with Crippen LogP contribution >= 0.6 is 0 Å². The lowest BCUT2D eigenvalue weighted by molar-refractivity contribution is 0.115. The van der Waals surface area contributed by atoms with Crippen molar-refractivity contribution in [1.82, 2.24) is 9.62 Å². The molecule has 21 heavy (non-hydrogen) atoms. The minimum atomic E-state index is -3.45. The van der Waals surface area contributed by atoms with Gasteiger partial charge in [-0.25, -0.2) is 8.42 Å². The highest BCUT2D eigenvalue weighted by Gasteiger charge is 2.33. The number of rotatable bonds is 5. The van der Waals surface area contributed by atoms with Crippen LogP contribution in [0, 0.1) is 13.8 Å². The molecule has 0 aliphatic carbocycles. The van der Waals surface area contributed by atoms with E-state index in [9.17, 15) is 8.42 Å². The summed E-state index contributed by atoms with van der Waals surface area (Å²) in [6, 6.07) is 3.82. The Kier molecular flexibility index (Phi) is 5.03. The Hall–Kier alpha value is -0.950. The number of nitrogens with zero attached hydrogens (tertiary/aromatic N) is 1. The average molecular weight is 312 g/mol. The molecule has 0 radical (unpaired) electrons. The second-order valence-corrected chi connectivity index (χ2v) is 7.48. The number of methoxy groups -OCH3 is 1. The molecule has 1 aliphatic rings. The fourth-order valence-electron chi connectivity index (χ4n) is 2.72. The lowest BCUT2D eigenvalue weighted by atomic mass is 10.1. The van der Waals surface area contributed by atoms with Crippen molar-refractivity contribution in [2.24, 2.45) is 0 Å². The summed E-state index contributed by atoms with van der Waals surface area (Å²) in [6.45, 7) is 5.44. The SMILES string of the molecule is CNCc1cc(C)c(C)c(S(=O)(=O)N2CCC(OC)C2)c1. The maximum absolute atomic E-state index is 12.9. The van der Waals surface area contributed by atoms with Gasteiger partial charge in [-0.05, 0) is 50.1 Å². The molecule has 1 atom stereocenters. The minimum absolute atomic E-state index is 0.00155. The van der Waals surface area contributed by atoms with Crippen molar-refractivity contribution in [2.45, 2.75) is 37.8 Å². The highest BCUT2D eigenvalue weighted by atomic mass is 32.2. The van der Waals surface area contributed by atoms with Crippen LogP contribution in [0.3, 0.4) is 0 Å².